The normalized spacial score (nSPS) is 12.3. The van der Waals surface area contributed by atoms with Crippen LogP contribution in [0.2, 0.25) is 0 Å². The summed E-state index contributed by atoms with van der Waals surface area (Å²) in [7, 11) is -1.21. The summed E-state index contributed by atoms with van der Waals surface area (Å²) in [5.41, 5.74) is 4.28. The molecule has 174 valence electrons. The van der Waals surface area contributed by atoms with E-state index >= 15 is 0 Å². The molecule has 0 aliphatic heterocycles. The number of anilines is 1. The van der Waals surface area contributed by atoms with E-state index < -0.39 is 22.5 Å². The number of carbonyl (C=O) groups is 1. The molecule has 9 heteroatoms. The summed E-state index contributed by atoms with van der Waals surface area (Å²) in [6, 6.07) is 11.2. The molecule has 2 rings (SSSR count). The van der Waals surface area contributed by atoms with Gasteiger partial charge in [-0.25, -0.2) is 13.8 Å². The number of nitrogens with zero attached hydrogens (tertiary/aromatic N) is 2. The van der Waals surface area contributed by atoms with E-state index in [-0.39, 0.29) is 16.1 Å². The van der Waals surface area contributed by atoms with E-state index in [1.54, 1.807) is 31.2 Å². The Labute approximate surface area is 190 Å². The number of amides is 1. The lowest BCUT2D eigenvalue weighted by molar-refractivity contribution is -0.119. The molecule has 2 aromatic carbocycles. The van der Waals surface area contributed by atoms with Gasteiger partial charge in [-0.3, -0.25) is 9.10 Å². The Morgan fingerprint density at radius 1 is 1.03 bits per heavy atom. The van der Waals surface area contributed by atoms with Crippen LogP contribution in [0.1, 0.15) is 33.3 Å². The van der Waals surface area contributed by atoms with Crippen molar-refractivity contribution < 1.29 is 22.7 Å². The highest BCUT2D eigenvalue weighted by atomic mass is 32.2. The third-order valence-electron chi connectivity index (χ3n) is 4.99. The molecule has 2 aromatic rings. The maximum absolute atomic E-state index is 13.5. The van der Waals surface area contributed by atoms with Crippen molar-refractivity contribution in [3.63, 3.8) is 0 Å². The summed E-state index contributed by atoms with van der Waals surface area (Å²) in [6.45, 7) is 9.17. The highest BCUT2D eigenvalue weighted by molar-refractivity contribution is 7.92. The Hall–Kier alpha value is -3.07. The minimum atomic E-state index is -4.10. The summed E-state index contributed by atoms with van der Waals surface area (Å²) in [5, 5.41) is 4.12. The maximum Gasteiger partial charge on any atom is 0.264 e. The van der Waals surface area contributed by atoms with Crippen LogP contribution < -0.4 is 19.2 Å². The van der Waals surface area contributed by atoms with Crippen LogP contribution in [-0.2, 0) is 14.8 Å². The van der Waals surface area contributed by atoms with Crippen molar-refractivity contribution in [1.82, 2.24) is 5.43 Å². The van der Waals surface area contributed by atoms with Gasteiger partial charge < -0.3 is 9.47 Å². The average Bonchev–Trinajstić information content (AvgIpc) is 2.75. The second-order valence-corrected chi connectivity index (χ2v) is 10.2. The van der Waals surface area contributed by atoms with E-state index in [1.165, 1.54) is 32.4 Å². The van der Waals surface area contributed by atoms with Gasteiger partial charge >= 0.3 is 0 Å². The first-order chi connectivity index (χ1) is 14.9. The standard InChI is InChI=1S/C23H31N3O5S/c1-16-8-10-18(11-9-16)26(15-22(27)25-24-17(2)23(3,4)5)32(28,29)19-12-13-20(30-6)21(14-19)31-7/h8-14H,15H2,1-7H3,(H,25,27)/b24-17-. The highest BCUT2D eigenvalue weighted by Gasteiger charge is 2.28. The minimum Gasteiger partial charge on any atom is -0.493 e. The third kappa shape index (κ3) is 6.00. The van der Waals surface area contributed by atoms with Crippen molar-refractivity contribution in [1.29, 1.82) is 0 Å². The van der Waals surface area contributed by atoms with Crippen LogP contribution in [0.3, 0.4) is 0 Å². The monoisotopic (exact) mass is 461 g/mol. The van der Waals surface area contributed by atoms with E-state index in [2.05, 4.69) is 10.5 Å². The molecule has 0 aliphatic carbocycles. The summed E-state index contributed by atoms with van der Waals surface area (Å²) < 4.78 is 38.6. The first kappa shape index (κ1) is 25.2. The first-order valence-electron chi connectivity index (χ1n) is 10.0. The molecule has 0 aromatic heterocycles. The van der Waals surface area contributed by atoms with Gasteiger partial charge in [0.2, 0.25) is 0 Å². The quantitative estimate of drug-likeness (QED) is 0.477. The molecule has 0 bridgehead atoms. The number of sulfonamides is 1. The minimum absolute atomic E-state index is 0.0297. The number of nitrogens with one attached hydrogen (secondary N) is 1. The van der Waals surface area contributed by atoms with Gasteiger partial charge in [0.25, 0.3) is 15.9 Å². The van der Waals surface area contributed by atoms with E-state index in [1.807, 2.05) is 27.7 Å². The van der Waals surface area contributed by atoms with Gasteiger partial charge in [-0.15, -0.1) is 0 Å². The molecule has 32 heavy (non-hydrogen) atoms. The SMILES string of the molecule is COc1ccc(S(=O)(=O)N(CC(=O)N/N=C(/C)C(C)(C)C)c2ccc(C)cc2)cc1OC. The Morgan fingerprint density at radius 3 is 2.16 bits per heavy atom. The number of aryl methyl sites for hydroxylation is 1. The molecule has 0 unspecified atom stereocenters. The number of hydrazone groups is 1. The number of rotatable bonds is 8. The van der Waals surface area contributed by atoms with Crippen LogP contribution in [0, 0.1) is 12.3 Å². The molecule has 0 atom stereocenters. The predicted molar refractivity (Wildman–Crippen MR) is 126 cm³/mol. The van der Waals surface area contributed by atoms with Crippen LogP contribution in [0.5, 0.6) is 11.5 Å². The van der Waals surface area contributed by atoms with Crippen molar-refractivity contribution in [2.75, 3.05) is 25.1 Å². The Balaban J connectivity index is 2.45. The number of benzene rings is 2. The topological polar surface area (TPSA) is 97.3 Å². The molecule has 0 radical (unpaired) electrons. The zero-order valence-corrected chi connectivity index (χ0v) is 20.4. The van der Waals surface area contributed by atoms with Crippen LogP contribution in [-0.4, -0.2) is 40.8 Å². The van der Waals surface area contributed by atoms with E-state index in [0.717, 1.165) is 15.6 Å². The van der Waals surface area contributed by atoms with Gasteiger partial charge in [0.1, 0.15) is 6.54 Å². The first-order valence-corrected chi connectivity index (χ1v) is 11.5. The number of hydrogen-bond acceptors (Lipinski definition) is 6. The third-order valence-corrected chi connectivity index (χ3v) is 6.76. The van der Waals surface area contributed by atoms with Gasteiger partial charge in [-0.05, 0) is 38.1 Å². The van der Waals surface area contributed by atoms with E-state index in [9.17, 15) is 13.2 Å². The maximum atomic E-state index is 13.5. The molecule has 0 aliphatic rings. The number of ether oxygens (including phenoxy) is 2. The fourth-order valence-corrected chi connectivity index (χ4v) is 4.05. The van der Waals surface area contributed by atoms with Crippen molar-refractivity contribution in [2.24, 2.45) is 10.5 Å². The van der Waals surface area contributed by atoms with Crippen molar-refractivity contribution in [2.45, 2.75) is 39.5 Å². The lowest BCUT2D eigenvalue weighted by Crippen LogP contribution is -2.40. The van der Waals surface area contributed by atoms with Gasteiger partial charge in [0.15, 0.2) is 11.5 Å². The van der Waals surface area contributed by atoms with Gasteiger partial charge in [-0.1, -0.05) is 38.5 Å². The summed E-state index contributed by atoms with van der Waals surface area (Å²) in [5.74, 6) is 0.114. The van der Waals surface area contributed by atoms with Gasteiger partial charge in [0, 0.05) is 17.2 Å². The molecule has 0 saturated heterocycles. The van der Waals surface area contributed by atoms with Crippen LogP contribution in [0.25, 0.3) is 0 Å². The molecular formula is C23H31N3O5S. The number of hydrogen-bond donors (Lipinski definition) is 1. The Bertz CT molecular complexity index is 1090. The van der Waals surface area contributed by atoms with Crippen LogP contribution >= 0.6 is 0 Å². The Kier molecular flexibility index (Phi) is 7.90. The molecule has 0 heterocycles. The molecule has 1 amide bonds. The fourth-order valence-electron chi connectivity index (χ4n) is 2.61. The zero-order chi connectivity index (χ0) is 24.1. The van der Waals surface area contributed by atoms with E-state index in [0.29, 0.717) is 11.4 Å². The van der Waals surface area contributed by atoms with Crippen molar-refractivity contribution in [3.8, 4) is 11.5 Å². The van der Waals surface area contributed by atoms with E-state index in [4.69, 9.17) is 9.47 Å². The smallest absolute Gasteiger partial charge is 0.264 e. The zero-order valence-electron chi connectivity index (χ0n) is 19.6. The number of methoxy groups -OCH3 is 2. The summed E-state index contributed by atoms with van der Waals surface area (Å²) >= 11 is 0. The highest BCUT2D eigenvalue weighted by Crippen LogP contribution is 2.32. The number of carbonyl (C=O) groups excluding carboxylic acids is 1. The fraction of sp³-hybridized carbons (Fsp3) is 0.391. The summed E-state index contributed by atoms with van der Waals surface area (Å²) in [4.78, 5) is 12.6. The second kappa shape index (κ2) is 10.0. The molecule has 8 nitrogen and oxygen atoms in total. The average molecular weight is 462 g/mol. The summed E-state index contributed by atoms with van der Waals surface area (Å²) in [6.07, 6.45) is 0. The second-order valence-electron chi connectivity index (χ2n) is 8.35. The van der Waals surface area contributed by atoms with Crippen LogP contribution in [0.15, 0.2) is 52.5 Å². The lowest BCUT2D eigenvalue weighted by atomic mass is 9.91. The largest absolute Gasteiger partial charge is 0.493 e. The molecular weight excluding hydrogens is 430 g/mol. The predicted octanol–water partition coefficient (Wildman–Crippen LogP) is 3.75. The molecule has 1 N–H and O–H groups in total. The van der Waals surface area contributed by atoms with Crippen LogP contribution in [0.4, 0.5) is 5.69 Å². The Morgan fingerprint density at radius 2 is 1.62 bits per heavy atom. The van der Waals surface area contributed by atoms with Crippen molar-refractivity contribution >= 4 is 27.3 Å². The molecule has 0 spiro atoms. The van der Waals surface area contributed by atoms with Crippen molar-refractivity contribution in [3.05, 3.63) is 48.0 Å². The van der Waals surface area contributed by atoms with Gasteiger partial charge in [-0.2, -0.15) is 5.10 Å². The molecule has 0 saturated carbocycles. The lowest BCUT2D eigenvalue weighted by Gasteiger charge is -2.24. The van der Waals surface area contributed by atoms with Gasteiger partial charge in [0.05, 0.1) is 24.8 Å². The molecule has 0 fully saturated rings.